The zero-order valence-electron chi connectivity index (χ0n) is 24.0. The Bertz CT molecular complexity index is 1470. The molecule has 0 radical (unpaired) electrons. The van der Waals surface area contributed by atoms with Crippen LogP contribution in [0, 0.1) is 6.92 Å². The van der Waals surface area contributed by atoms with E-state index in [0.29, 0.717) is 46.9 Å². The maximum absolute atomic E-state index is 13.4. The molecule has 1 amide bonds. The Labute approximate surface area is 238 Å². The van der Waals surface area contributed by atoms with Gasteiger partial charge in [0, 0.05) is 42.7 Å². The van der Waals surface area contributed by atoms with Crippen LogP contribution in [0.1, 0.15) is 41.0 Å². The molecule has 0 spiro atoms. The molecule has 0 aliphatic rings. The lowest BCUT2D eigenvalue weighted by atomic mass is 9.96. The highest BCUT2D eigenvalue weighted by Crippen LogP contribution is 2.31. The second-order valence-corrected chi connectivity index (χ2v) is 10.1. The summed E-state index contributed by atoms with van der Waals surface area (Å²) < 4.78 is 39.9. The molecule has 0 aliphatic heterocycles. The summed E-state index contributed by atoms with van der Waals surface area (Å²) >= 11 is 0. The summed E-state index contributed by atoms with van der Waals surface area (Å²) in [6.45, 7) is 3.40. The van der Waals surface area contributed by atoms with Crippen LogP contribution in [0.2, 0.25) is 0 Å². The van der Waals surface area contributed by atoms with Crippen molar-refractivity contribution in [1.29, 1.82) is 0 Å². The van der Waals surface area contributed by atoms with Gasteiger partial charge in [0.05, 0.1) is 31.6 Å². The van der Waals surface area contributed by atoms with Crippen molar-refractivity contribution in [2.24, 2.45) is 0 Å². The second kappa shape index (κ2) is 13.5. The van der Waals surface area contributed by atoms with Crippen LogP contribution in [0.5, 0.6) is 5.75 Å². The van der Waals surface area contributed by atoms with Gasteiger partial charge in [-0.3, -0.25) is 9.48 Å². The maximum Gasteiger partial charge on any atom is 0.333 e. The lowest BCUT2D eigenvalue weighted by Crippen LogP contribution is -2.27. The van der Waals surface area contributed by atoms with Crippen molar-refractivity contribution in [3.8, 4) is 28.0 Å². The van der Waals surface area contributed by atoms with Gasteiger partial charge in [-0.15, -0.1) is 0 Å². The molecule has 2 aromatic carbocycles. The van der Waals surface area contributed by atoms with E-state index in [2.05, 4.69) is 15.5 Å². The Balaban J connectivity index is 1.62. The summed E-state index contributed by atoms with van der Waals surface area (Å²) in [4.78, 5) is 15.4. The molecule has 11 heteroatoms. The number of nitrogens with one attached hydrogen (secondary N) is 1. The zero-order chi connectivity index (χ0) is 29.5. The molecule has 0 saturated heterocycles. The lowest BCUT2D eigenvalue weighted by Gasteiger charge is -2.18. The van der Waals surface area contributed by atoms with E-state index in [1.807, 2.05) is 69.4 Å². The van der Waals surface area contributed by atoms with E-state index < -0.39 is 12.6 Å². The number of aryl methyl sites for hydroxylation is 1. The average Bonchev–Trinajstić information content (AvgIpc) is 3.63. The minimum absolute atomic E-state index is 0.238. The first-order chi connectivity index (χ1) is 19.6. The number of benzene rings is 2. The molecule has 4 rings (SSSR count). The van der Waals surface area contributed by atoms with Gasteiger partial charge < -0.3 is 19.7 Å². The van der Waals surface area contributed by atoms with Gasteiger partial charge in [-0.25, -0.2) is 4.68 Å². The number of hydrogen-bond donors (Lipinski definition) is 1. The molecular weight excluding hydrogens is 530 g/mol. The minimum Gasteiger partial charge on any atom is -0.492 e. The number of methoxy groups -OCH3 is 1. The predicted molar refractivity (Wildman–Crippen MR) is 153 cm³/mol. The minimum atomic E-state index is -2.74. The Kier molecular flexibility index (Phi) is 9.85. The molecule has 0 bridgehead atoms. The Hall–Kier alpha value is -4.09. The highest BCUT2D eigenvalue weighted by Gasteiger charge is 2.18. The Morgan fingerprint density at radius 2 is 1.71 bits per heavy atom. The molecule has 9 nitrogen and oxygen atoms in total. The van der Waals surface area contributed by atoms with Crippen molar-refractivity contribution in [2.45, 2.75) is 33.0 Å². The molecule has 218 valence electrons. The van der Waals surface area contributed by atoms with E-state index in [1.165, 1.54) is 12.4 Å². The van der Waals surface area contributed by atoms with Crippen LogP contribution in [0.4, 0.5) is 8.78 Å². The van der Waals surface area contributed by atoms with E-state index in [0.717, 1.165) is 28.8 Å². The summed E-state index contributed by atoms with van der Waals surface area (Å²) in [7, 11) is 5.57. The molecule has 0 unspecified atom stereocenters. The molecule has 1 atom stereocenters. The number of alkyl halides is 2. The second-order valence-electron chi connectivity index (χ2n) is 10.1. The third-order valence-corrected chi connectivity index (χ3v) is 6.69. The normalized spacial score (nSPS) is 12.2. The SMILES string of the molecule is COCCn1cc(-c2cc(-c3cnn(C(F)F)c3)cc([C@@H](C)NC(=O)c3cc(OCCN(C)C)ccc3C)c2)cn1. The Morgan fingerprint density at radius 3 is 2.37 bits per heavy atom. The summed E-state index contributed by atoms with van der Waals surface area (Å²) in [6, 6.07) is 10.8. The quantitative estimate of drug-likeness (QED) is 0.240. The largest absolute Gasteiger partial charge is 0.492 e. The van der Waals surface area contributed by atoms with Gasteiger partial charge >= 0.3 is 6.55 Å². The number of likely N-dealkylation sites (N-methyl/N-ethyl adjacent to an activating group) is 1. The molecule has 1 N–H and O–H groups in total. The Morgan fingerprint density at radius 1 is 1.00 bits per heavy atom. The standard InChI is InChI=1S/C30H36F2N6O3/c1-20-6-7-27(41-11-8-36(3)4)15-28(20)29(39)35-21(2)22-12-23(25-16-33-37(18-25)9-10-40-5)14-24(13-22)26-17-34-38(19-26)30(31)32/h6-7,12-19,21,30H,8-11H2,1-5H3,(H,35,39)/t21-/m1/s1. The monoisotopic (exact) mass is 566 g/mol. The number of hydrogen-bond acceptors (Lipinski definition) is 6. The topological polar surface area (TPSA) is 86.4 Å². The van der Waals surface area contributed by atoms with Crippen molar-refractivity contribution in [3.63, 3.8) is 0 Å². The maximum atomic E-state index is 13.4. The van der Waals surface area contributed by atoms with Crippen molar-refractivity contribution < 1.29 is 23.0 Å². The molecule has 2 aromatic heterocycles. The number of carbonyl (C=O) groups excluding carboxylic acids is 1. The number of ether oxygens (including phenoxy) is 2. The molecule has 0 aliphatic carbocycles. The highest BCUT2D eigenvalue weighted by atomic mass is 19.3. The van der Waals surface area contributed by atoms with Gasteiger partial charge in [0.2, 0.25) is 0 Å². The van der Waals surface area contributed by atoms with E-state index in [9.17, 15) is 13.6 Å². The number of carbonyl (C=O) groups is 1. The zero-order valence-corrected chi connectivity index (χ0v) is 24.0. The van der Waals surface area contributed by atoms with Gasteiger partial charge in [-0.05, 0) is 80.5 Å². The lowest BCUT2D eigenvalue weighted by molar-refractivity contribution is 0.0566. The first kappa shape index (κ1) is 29.9. The number of aromatic nitrogens is 4. The van der Waals surface area contributed by atoms with Gasteiger partial charge in [0.25, 0.3) is 5.91 Å². The van der Waals surface area contributed by atoms with E-state index in [4.69, 9.17) is 9.47 Å². The van der Waals surface area contributed by atoms with E-state index >= 15 is 0 Å². The number of rotatable bonds is 13. The summed E-state index contributed by atoms with van der Waals surface area (Å²) in [6.07, 6.45) is 6.36. The van der Waals surface area contributed by atoms with Crippen LogP contribution >= 0.6 is 0 Å². The molecule has 0 fully saturated rings. The predicted octanol–water partition coefficient (Wildman–Crippen LogP) is 5.19. The van der Waals surface area contributed by atoms with Gasteiger partial charge in [0.15, 0.2) is 0 Å². The molecule has 4 aromatic rings. The number of nitrogens with zero attached hydrogens (tertiary/aromatic N) is 5. The fraction of sp³-hybridized carbons (Fsp3) is 0.367. The van der Waals surface area contributed by atoms with E-state index in [-0.39, 0.29) is 5.91 Å². The number of halogens is 2. The van der Waals surface area contributed by atoms with Crippen LogP contribution in [-0.4, -0.2) is 71.3 Å². The van der Waals surface area contributed by atoms with Crippen molar-refractivity contribution in [2.75, 3.05) is 41.0 Å². The van der Waals surface area contributed by atoms with Gasteiger partial charge in [-0.1, -0.05) is 6.07 Å². The third kappa shape index (κ3) is 7.77. The molecule has 2 heterocycles. The number of amides is 1. The first-order valence-corrected chi connectivity index (χ1v) is 13.3. The summed E-state index contributed by atoms with van der Waals surface area (Å²) in [5.41, 5.74) is 5.07. The first-order valence-electron chi connectivity index (χ1n) is 13.3. The van der Waals surface area contributed by atoms with Crippen LogP contribution < -0.4 is 10.1 Å². The van der Waals surface area contributed by atoms with Crippen LogP contribution in [0.3, 0.4) is 0 Å². The third-order valence-electron chi connectivity index (χ3n) is 6.69. The summed E-state index contributed by atoms with van der Waals surface area (Å²) in [5.74, 6) is 0.388. The smallest absolute Gasteiger partial charge is 0.333 e. The van der Waals surface area contributed by atoms with Crippen molar-refractivity contribution in [1.82, 2.24) is 29.8 Å². The fourth-order valence-electron chi connectivity index (χ4n) is 4.29. The van der Waals surface area contributed by atoms with Gasteiger partial charge in [-0.2, -0.15) is 19.0 Å². The highest BCUT2D eigenvalue weighted by molar-refractivity contribution is 5.96. The molecular formula is C30H36F2N6O3. The van der Waals surface area contributed by atoms with Gasteiger partial charge in [0.1, 0.15) is 12.4 Å². The summed E-state index contributed by atoms with van der Waals surface area (Å²) in [5, 5.41) is 11.3. The van der Waals surface area contributed by atoms with Crippen LogP contribution in [0.15, 0.2) is 61.2 Å². The van der Waals surface area contributed by atoms with Crippen LogP contribution in [0.25, 0.3) is 22.3 Å². The molecule has 0 saturated carbocycles. The fourth-order valence-corrected chi connectivity index (χ4v) is 4.29. The van der Waals surface area contributed by atoms with Crippen LogP contribution in [-0.2, 0) is 11.3 Å². The van der Waals surface area contributed by atoms with E-state index in [1.54, 1.807) is 24.1 Å². The molecule has 41 heavy (non-hydrogen) atoms. The van der Waals surface area contributed by atoms with Crippen molar-refractivity contribution >= 4 is 5.91 Å². The van der Waals surface area contributed by atoms with Crippen molar-refractivity contribution in [3.05, 3.63) is 77.9 Å². The average molecular weight is 567 g/mol.